The van der Waals surface area contributed by atoms with Gasteiger partial charge in [-0.2, -0.15) is 0 Å². The van der Waals surface area contributed by atoms with Gasteiger partial charge in [0.1, 0.15) is 18.7 Å². The zero-order valence-corrected chi connectivity index (χ0v) is 21.7. The normalized spacial score (nSPS) is 12.3. The Morgan fingerprint density at radius 3 is 1.97 bits per heavy atom. The monoisotopic (exact) mass is 521 g/mol. The SMILES string of the molecule is CC(C)C[C@H](NC(=O)[C@H](Cc1ccccc1)NC(=O)OCc1ccccc1)C(=O)Nc1ccccc1Cl. The van der Waals surface area contributed by atoms with Crippen LogP contribution < -0.4 is 16.0 Å². The van der Waals surface area contributed by atoms with E-state index in [9.17, 15) is 14.4 Å². The highest BCUT2D eigenvalue weighted by atomic mass is 35.5. The molecule has 3 aromatic carbocycles. The largest absolute Gasteiger partial charge is 0.445 e. The number of rotatable bonds is 11. The van der Waals surface area contributed by atoms with Crippen LogP contribution in [0.25, 0.3) is 0 Å². The van der Waals surface area contributed by atoms with Crippen LogP contribution in [0.1, 0.15) is 31.4 Å². The first-order chi connectivity index (χ1) is 17.8. The van der Waals surface area contributed by atoms with Gasteiger partial charge in [0.2, 0.25) is 11.8 Å². The van der Waals surface area contributed by atoms with Crippen molar-refractivity contribution in [3.05, 3.63) is 101 Å². The number of hydrogen-bond acceptors (Lipinski definition) is 4. The molecule has 0 spiro atoms. The molecule has 37 heavy (non-hydrogen) atoms. The third kappa shape index (κ3) is 9.28. The van der Waals surface area contributed by atoms with Crippen LogP contribution in [-0.4, -0.2) is 30.0 Å². The van der Waals surface area contributed by atoms with Crippen molar-refractivity contribution < 1.29 is 19.1 Å². The third-order valence-electron chi connectivity index (χ3n) is 5.58. The van der Waals surface area contributed by atoms with Gasteiger partial charge in [0, 0.05) is 6.42 Å². The average molecular weight is 522 g/mol. The van der Waals surface area contributed by atoms with Gasteiger partial charge < -0.3 is 20.7 Å². The number of nitrogens with one attached hydrogen (secondary N) is 3. The van der Waals surface area contributed by atoms with Gasteiger partial charge in [-0.3, -0.25) is 9.59 Å². The summed E-state index contributed by atoms with van der Waals surface area (Å²) < 4.78 is 5.33. The number of ether oxygens (including phenoxy) is 1. The smallest absolute Gasteiger partial charge is 0.408 e. The maximum absolute atomic E-state index is 13.4. The summed E-state index contributed by atoms with van der Waals surface area (Å²) >= 11 is 6.19. The van der Waals surface area contributed by atoms with Crippen molar-refractivity contribution >= 4 is 35.2 Å². The lowest BCUT2D eigenvalue weighted by atomic mass is 10.0. The third-order valence-corrected chi connectivity index (χ3v) is 5.91. The van der Waals surface area contributed by atoms with E-state index in [0.717, 1.165) is 11.1 Å². The predicted octanol–water partition coefficient (Wildman–Crippen LogP) is 5.35. The second-order valence-corrected chi connectivity index (χ2v) is 9.52. The number of carbonyl (C=O) groups is 3. The number of alkyl carbamates (subject to hydrolysis) is 1. The first kappa shape index (κ1) is 27.7. The Kier molecular flexibility index (Phi) is 10.5. The highest BCUT2D eigenvalue weighted by Crippen LogP contribution is 2.21. The molecule has 0 saturated heterocycles. The predicted molar refractivity (Wildman–Crippen MR) is 145 cm³/mol. The van der Waals surface area contributed by atoms with Crippen LogP contribution in [-0.2, 0) is 27.4 Å². The van der Waals surface area contributed by atoms with Crippen LogP contribution in [0.2, 0.25) is 5.02 Å². The van der Waals surface area contributed by atoms with E-state index in [2.05, 4.69) is 16.0 Å². The molecular formula is C29H32ClN3O4. The highest BCUT2D eigenvalue weighted by molar-refractivity contribution is 6.33. The van der Waals surface area contributed by atoms with Gasteiger partial charge in [-0.25, -0.2) is 4.79 Å². The molecule has 3 amide bonds. The molecule has 3 N–H and O–H groups in total. The minimum absolute atomic E-state index is 0.0720. The van der Waals surface area contributed by atoms with Crippen molar-refractivity contribution in [2.24, 2.45) is 5.92 Å². The minimum atomic E-state index is -0.951. The molecule has 7 nitrogen and oxygen atoms in total. The molecule has 0 fully saturated rings. The fraction of sp³-hybridized carbons (Fsp3) is 0.276. The molecule has 0 aliphatic carbocycles. The van der Waals surface area contributed by atoms with Crippen LogP contribution in [0.4, 0.5) is 10.5 Å². The first-order valence-electron chi connectivity index (χ1n) is 12.2. The van der Waals surface area contributed by atoms with Crippen LogP contribution in [0, 0.1) is 5.92 Å². The van der Waals surface area contributed by atoms with Gasteiger partial charge in [0.05, 0.1) is 10.7 Å². The Hall–Kier alpha value is -3.84. The zero-order chi connectivity index (χ0) is 26.6. The minimum Gasteiger partial charge on any atom is -0.445 e. The molecule has 0 aliphatic rings. The lowest BCUT2D eigenvalue weighted by Crippen LogP contribution is -2.53. The molecule has 0 aromatic heterocycles. The van der Waals surface area contributed by atoms with E-state index in [-0.39, 0.29) is 24.9 Å². The summed E-state index contributed by atoms with van der Waals surface area (Å²) in [5, 5.41) is 8.68. The Morgan fingerprint density at radius 1 is 0.757 bits per heavy atom. The number of para-hydroxylation sites is 1. The Bertz CT molecular complexity index is 1170. The molecule has 2 atom stereocenters. The van der Waals surface area contributed by atoms with Gasteiger partial charge >= 0.3 is 6.09 Å². The van der Waals surface area contributed by atoms with E-state index >= 15 is 0 Å². The molecule has 0 heterocycles. The lowest BCUT2D eigenvalue weighted by molar-refractivity contribution is -0.128. The molecule has 0 bridgehead atoms. The number of carbonyl (C=O) groups excluding carboxylic acids is 3. The van der Waals surface area contributed by atoms with Crippen molar-refractivity contribution in [2.45, 2.75) is 45.4 Å². The second kappa shape index (κ2) is 14.0. The van der Waals surface area contributed by atoms with E-state index < -0.39 is 24.1 Å². The summed E-state index contributed by atoms with van der Waals surface area (Å²) in [6, 6.07) is 23.7. The van der Waals surface area contributed by atoms with Crippen LogP contribution >= 0.6 is 11.6 Å². The first-order valence-corrected chi connectivity index (χ1v) is 12.6. The number of anilines is 1. The maximum atomic E-state index is 13.4. The van der Waals surface area contributed by atoms with E-state index in [1.165, 1.54) is 0 Å². The summed E-state index contributed by atoms with van der Waals surface area (Å²) in [6.07, 6.45) is -0.0903. The van der Waals surface area contributed by atoms with Gasteiger partial charge in [-0.15, -0.1) is 0 Å². The van der Waals surface area contributed by atoms with Crippen molar-refractivity contribution in [1.29, 1.82) is 0 Å². The van der Waals surface area contributed by atoms with Crippen molar-refractivity contribution in [3.8, 4) is 0 Å². The zero-order valence-electron chi connectivity index (χ0n) is 20.9. The van der Waals surface area contributed by atoms with Crippen LogP contribution in [0.5, 0.6) is 0 Å². The molecular weight excluding hydrogens is 490 g/mol. The molecule has 0 radical (unpaired) electrons. The van der Waals surface area contributed by atoms with Crippen molar-refractivity contribution in [1.82, 2.24) is 10.6 Å². The summed E-state index contributed by atoms with van der Waals surface area (Å²) in [5.74, 6) is -0.751. The molecule has 8 heteroatoms. The maximum Gasteiger partial charge on any atom is 0.408 e. The summed E-state index contributed by atoms with van der Waals surface area (Å²) in [7, 11) is 0. The van der Waals surface area contributed by atoms with E-state index in [0.29, 0.717) is 17.1 Å². The summed E-state index contributed by atoms with van der Waals surface area (Å²) in [6.45, 7) is 3.99. The molecule has 3 rings (SSSR count). The Labute approximate surface area is 222 Å². The summed E-state index contributed by atoms with van der Waals surface area (Å²) in [4.78, 5) is 39.1. The van der Waals surface area contributed by atoms with Gasteiger partial charge in [0.25, 0.3) is 0 Å². The average Bonchev–Trinajstić information content (AvgIpc) is 2.89. The highest BCUT2D eigenvalue weighted by Gasteiger charge is 2.28. The fourth-order valence-electron chi connectivity index (χ4n) is 3.72. The van der Waals surface area contributed by atoms with Crippen LogP contribution in [0.15, 0.2) is 84.9 Å². The van der Waals surface area contributed by atoms with E-state index in [4.69, 9.17) is 16.3 Å². The van der Waals surface area contributed by atoms with Crippen molar-refractivity contribution in [2.75, 3.05) is 5.32 Å². The Balaban J connectivity index is 1.72. The quantitative estimate of drug-likeness (QED) is 0.317. The van der Waals surface area contributed by atoms with Gasteiger partial charge in [-0.05, 0) is 35.6 Å². The molecule has 0 saturated carbocycles. The summed E-state index contributed by atoms with van der Waals surface area (Å²) in [5.41, 5.74) is 2.14. The van der Waals surface area contributed by atoms with Crippen LogP contribution in [0.3, 0.4) is 0 Å². The van der Waals surface area contributed by atoms with Gasteiger partial charge in [-0.1, -0.05) is 98.2 Å². The molecule has 3 aromatic rings. The fourth-order valence-corrected chi connectivity index (χ4v) is 3.91. The molecule has 0 unspecified atom stereocenters. The standard InChI is InChI=1S/C29H32ClN3O4/c1-20(2)17-25(27(34)31-24-16-10-9-15-23(24)30)32-28(35)26(18-21-11-5-3-6-12-21)33-29(36)37-19-22-13-7-4-8-14-22/h3-16,20,25-26H,17-19H2,1-2H3,(H,31,34)(H,32,35)(H,33,36)/t25-,26-/m0/s1. The molecule has 194 valence electrons. The van der Waals surface area contributed by atoms with E-state index in [1.54, 1.807) is 24.3 Å². The second-order valence-electron chi connectivity index (χ2n) is 9.11. The lowest BCUT2D eigenvalue weighted by Gasteiger charge is -2.24. The van der Waals surface area contributed by atoms with Gasteiger partial charge in [0.15, 0.2) is 0 Å². The molecule has 0 aliphatic heterocycles. The number of amides is 3. The number of halogens is 1. The number of hydrogen-bond donors (Lipinski definition) is 3. The van der Waals surface area contributed by atoms with E-state index in [1.807, 2.05) is 74.5 Å². The number of benzene rings is 3. The van der Waals surface area contributed by atoms with Crippen molar-refractivity contribution in [3.63, 3.8) is 0 Å². The topological polar surface area (TPSA) is 96.5 Å². The Morgan fingerprint density at radius 2 is 1.35 bits per heavy atom.